The molecule has 2 rings (SSSR count). The van der Waals surface area contributed by atoms with Gasteiger partial charge in [-0.05, 0) is 43.0 Å². The molecule has 1 aliphatic rings. The van der Waals surface area contributed by atoms with Crippen LogP contribution in [0.4, 0.5) is 5.69 Å². The summed E-state index contributed by atoms with van der Waals surface area (Å²) < 4.78 is 0. The predicted octanol–water partition coefficient (Wildman–Crippen LogP) is 1.76. The smallest absolute Gasteiger partial charge is 0.328 e. The number of nitriles is 1. The molecule has 20 heavy (non-hydrogen) atoms. The van der Waals surface area contributed by atoms with Crippen molar-refractivity contribution in [2.24, 2.45) is 0 Å². The van der Waals surface area contributed by atoms with Crippen LogP contribution in [-0.2, 0) is 11.2 Å². The Bertz CT molecular complexity index is 600. The van der Waals surface area contributed by atoms with Crippen LogP contribution >= 0.6 is 0 Å². The van der Waals surface area contributed by atoms with Crippen LogP contribution in [0.3, 0.4) is 0 Å². The molecule has 1 aliphatic carbocycles. The molecule has 0 saturated heterocycles. The Labute approximate surface area is 117 Å². The number of aliphatic hydroxyl groups is 1. The van der Waals surface area contributed by atoms with E-state index in [-0.39, 0.29) is 0 Å². The molecular formula is C15H16N2O3. The highest BCUT2D eigenvalue weighted by Crippen LogP contribution is 2.30. The third-order valence-corrected chi connectivity index (χ3v) is 3.38. The average molecular weight is 272 g/mol. The van der Waals surface area contributed by atoms with Gasteiger partial charge in [0.05, 0.1) is 17.7 Å². The van der Waals surface area contributed by atoms with E-state index < -0.39 is 18.1 Å². The number of benzene rings is 1. The van der Waals surface area contributed by atoms with Gasteiger partial charge in [-0.15, -0.1) is 0 Å². The first-order valence-electron chi connectivity index (χ1n) is 6.44. The Morgan fingerprint density at radius 1 is 1.50 bits per heavy atom. The molecule has 0 aromatic heterocycles. The molecule has 5 heteroatoms. The number of anilines is 1. The van der Waals surface area contributed by atoms with Crippen molar-refractivity contribution < 1.29 is 15.0 Å². The first-order chi connectivity index (χ1) is 9.54. The summed E-state index contributed by atoms with van der Waals surface area (Å²) in [5.41, 5.74) is 3.00. The molecule has 104 valence electrons. The van der Waals surface area contributed by atoms with Crippen LogP contribution in [0.15, 0.2) is 18.2 Å². The van der Waals surface area contributed by atoms with E-state index in [2.05, 4.69) is 11.4 Å². The minimum absolute atomic E-state index is 0.574. The molecular weight excluding hydrogens is 256 g/mol. The second kappa shape index (κ2) is 5.76. The fraction of sp³-hybridized carbons (Fsp3) is 0.333. The van der Waals surface area contributed by atoms with Gasteiger partial charge in [0.15, 0.2) is 6.04 Å². The number of carboxylic acid groups (broad SMARTS) is 1. The van der Waals surface area contributed by atoms with Gasteiger partial charge < -0.3 is 15.5 Å². The largest absolute Gasteiger partial charge is 0.480 e. The molecule has 3 N–H and O–H groups in total. The first kappa shape index (κ1) is 14.1. The standard InChI is InChI=1S/C15H16N2O3/c1-9(18)14(15(19)20)17-13-7-6-10(8-16)11-4-2-3-5-12(11)13/h2,4,6-7,9,14,17-18H,3,5H2,1H3,(H,19,20)/t9-,14+/m0/s1. The zero-order valence-corrected chi connectivity index (χ0v) is 11.1. The summed E-state index contributed by atoms with van der Waals surface area (Å²) in [6, 6.07) is 4.43. The van der Waals surface area contributed by atoms with E-state index >= 15 is 0 Å². The fourth-order valence-corrected chi connectivity index (χ4v) is 2.34. The number of carboxylic acids is 1. The molecule has 0 unspecified atom stereocenters. The molecule has 1 aromatic rings. The Morgan fingerprint density at radius 3 is 2.85 bits per heavy atom. The SMILES string of the molecule is C[C@H](O)[C@@H](Nc1ccc(C#N)c2c1CCC=C2)C(=O)O. The monoisotopic (exact) mass is 272 g/mol. The maximum Gasteiger partial charge on any atom is 0.328 e. The number of aliphatic hydroxyl groups excluding tert-OH is 1. The van der Waals surface area contributed by atoms with Gasteiger partial charge in [-0.3, -0.25) is 0 Å². The van der Waals surface area contributed by atoms with Crippen LogP contribution < -0.4 is 5.32 Å². The number of hydrogen-bond donors (Lipinski definition) is 3. The van der Waals surface area contributed by atoms with Crippen molar-refractivity contribution in [3.8, 4) is 6.07 Å². The molecule has 2 atom stereocenters. The summed E-state index contributed by atoms with van der Waals surface area (Å²) in [5, 5.41) is 30.6. The lowest BCUT2D eigenvalue weighted by Gasteiger charge is -2.23. The van der Waals surface area contributed by atoms with Gasteiger partial charge in [0.2, 0.25) is 0 Å². The zero-order chi connectivity index (χ0) is 14.7. The summed E-state index contributed by atoms with van der Waals surface area (Å²) in [5.74, 6) is -1.11. The molecule has 0 bridgehead atoms. The molecule has 0 amide bonds. The van der Waals surface area contributed by atoms with Crippen molar-refractivity contribution in [2.45, 2.75) is 31.9 Å². The second-order valence-electron chi connectivity index (χ2n) is 4.81. The highest BCUT2D eigenvalue weighted by atomic mass is 16.4. The number of nitrogens with zero attached hydrogens (tertiary/aromatic N) is 1. The number of allylic oxidation sites excluding steroid dienone is 1. The summed E-state index contributed by atoms with van der Waals surface area (Å²) in [4.78, 5) is 11.1. The highest BCUT2D eigenvalue weighted by Gasteiger charge is 2.24. The maximum atomic E-state index is 11.1. The van der Waals surface area contributed by atoms with E-state index in [9.17, 15) is 9.90 Å². The molecule has 5 nitrogen and oxygen atoms in total. The summed E-state index contributed by atoms with van der Waals surface area (Å²) in [6.45, 7) is 1.43. The Kier molecular flexibility index (Phi) is 4.06. The van der Waals surface area contributed by atoms with E-state index in [1.54, 1.807) is 12.1 Å². The van der Waals surface area contributed by atoms with Crippen molar-refractivity contribution >= 4 is 17.7 Å². The molecule has 0 aliphatic heterocycles. The van der Waals surface area contributed by atoms with E-state index in [4.69, 9.17) is 10.4 Å². The van der Waals surface area contributed by atoms with E-state index in [1.165, 1.54) is 6.92 Å². The van der Waals surface area contributed by atoms with Gasteiger partial charge in [-0.25, -0.2) is 4.79 Å². The minimum Gasteiger partial charge on any atom is -0.480 e. The quantitative estimate of drug-likeness (QED) is 0.776. The molecule has 0 heterocycles. The summed E-state index contributed by atoms with van der Waals surface area (Å²) >= 11 is 0. The number of rotatable bonds is 4. The van der Waals surface area contributed by atoms with Crippen molar-refractivity contribution in [1.82, 2.24) is 0 Å². The van der Waals surface area contributed by atoms with E-state index in [1.807, 2.05) is 12.2 Å². The Balaban J connectivity index is 2.41. The van der Waals surface area contributed by atoms with Gasteiger partial charge in [-0.1, -0.05) is 12.2 Å². The maximum absolute atomic E-state index is 11.1. The number of carbonyl (C=O) groups is 1. The van der Waals surface area contributed by atoms with Crippen LogP contribution in [0.2, 0.25) is 0 Å². The van der Waals surface area contributed by atoms with Crippen LogP contribution in [0.25, 0.3) is 6.08 Å². The normalized spacial score (nSPS) is 15.8. The van der Waals surface area contributed by atoms with Crippen LogP contribution in [0.5, 0.6) is 0 Å². The molecule has 0 saturated carbocycles. The van der Waals surface area contributed by atoms with Gasteiger partial charge in [-0.2, -0.15) is 5.26 Å². The summed E-state index contributed by atoms with van der Waals surface area (Å²) in [6.07, 6.45) is 4.47. The molecule has 1 aromatic carbocycles. The molecule has 0 radical (unpaired) electrons. The number of aliphatic carboxylic acids is 1. The fourth-order valence-electron chi connectivity index (χ4n) is 2.34. The topological polar surface area (TPSA) is 93.4 Å². The Morgan fingerprint density at radius 2 is 2.25 bits per heavy atom. The third kappa shape index (κ3) is 2.65. The van der Waals surface area contributed by atoms with Gasteiger partial charge in [0, 0.05) is 5.69 Å². The Hall–Kier alpha value is -2.32. The lowest BCUT2D eigenvalue weighted by Crippen LogP contribution is -2.39. The van der Waals surface area contributed by atoms with Crippen molar-refractivity contribution in [1.29, 1.82) is 5.26 Å². The second-order valence-corrected chi connectivity index (χ2v) is 4.81. The van der Waals surface area contributed by atoms with Crippen LogP contribution in [-0.4, -0.2) is 28.3 Å². The summed E-state index contributed by atoms with van der Waals surface area (Å²) in [7, 11) is 0. The minimum atomic E-state index is -1.11. The molecule has 0 spiro atoms. The number of hydrogen-bond acceptors (Lipinski definition) is 4. The van der Waals surface area contributed by atoms with Crippen molar-refractivity contribution in [2.75, 3.05) is 5.32 Å². The average Bonchev–Trinajstić information content (AvgIpc) is 2.43. The first-order valence-corrected chi connectivity index (χ1v) is 6.44. The van der Waals surface area contributed by atoms with E-state index in [0.717, 1.165) is 24.0 Å². The van der Waals surface area contributed by atoms with Crippen LogP contribution in [0.1, 0.15) is 30.0 Å². The number of fused-ring (bicyclic) bond motifs is 1. The van der Waals surface area contributed by atoms with Crippen LogP contribution in [0, 0.1) is 11.3 Å². The lowest BCUT2D eigenvalue weighted by molar-refractivity contribution is -0.140. The number of nitrogens with one attached hydrogen (secondary N) is 1. The van der Waals surface area contributed by atoms with Crippen molar-refractivity contribution in [3.05, 3.63) is 34.9 Å². The van der Waals surface area contributed by atoms with Gasteiger partial charge >= 0.3 is 5.97 Å². The lowest BCUT2D eigenvalue weighted by atomic mass is 9.91. The van der Waals surface area contributed by atoms with E-state index in [0.29, 0.717) is 11.3 Å². The zero-order valence-electron chi connectivity index (χ0n) is 11.1. The van der Waals surface area contributed by atoms with Crippen molar-refractivity contribution in [3.63, 3.8) is 0 Å². The molecule has 0 fully saturated rings. The predicted molar refractivity (Wildman–Crippen MR) is 75.2 cm³/mol. The highest BCUT2D eigenvalue weighted by molar-refractivity contribution is 5.80. The van der Waals surface area contributed by atoms with Gasteiger partial charge in [0.25, 0.3) is 0 Å². The van der Waals surface area contributed by atoms with Gasteiger partial charge in [0.1, 0.15) is 0 Å². The third-order valence-electron chi connectivity index (χ3n) is 3.38.